The lowest BCUT2D eigenvalue weighted by molar-refractivity contribution is 0.0650. The first-order chi connectivity index (χ1) is 21.6. The van der Waals surface area contributed by atoms with E-state index in [0.717, 1.165) is 36.5 Å². The Labute approximate surface area is 276 Å². The normalized spacial score (nSPS) is 21.4. The molecule has 1 N–H and O–H groups in total. The van der Waals surface area contributed by atoms with Crippen molar-refractivity contribution in [2.24, 2.45) is 23.7 Å². The Morgan fingerprint density at radius 3 is 1.60 bits per heavy atom. The highest BCUT2D eigenvalue weighted by Crippen LogP contribution is 2.57. The second-order valence-corrected chi connectivity index (χ2v) is 17.1. The molecule has 6 nitrogen and oxygen atoms in total. The van der Waals surface area contributed by atoms with Crippen LogP contribution in [0.25, 0.3) is 0 Å². The molecule has 0 radical (unpaired) electrons. The number of rotatable bonds is 13. The first-order valence-corrected chi connectivity index (χ1v) is 20.7. The number of benzene rings is 1. The van der Waals surface area contributed by atoms with Crippen molar-refractivity contribution in [2.75, 3.05) is 12.8 Å². The summed E-state index contributed by atoms with van der Waals surface area (Å²) in [5.74, 6) is 3.51. The predicted molar refractivity (Wildman–Crippen MR) is 187 cm³/mol. The van der Waals surface area contributed by atoms with Crippen molar-refractivity contribution >= 4 is 31.2 Å². The summed E-state index contributed by atoms with van der Waals surface area (Å²) in [6.07, 6.45) is 31.5. The maximum Gasteiger partial charge on any atom is 0.261 e. The van der Waals surface area contributed by atoms with Gasteiger partial charge in [0.2, 0.25) is 0 Å². The number of fused-ring (bicyclic) bond motifs is 1. The van der Waals surface area contributed by atoms with E-state index in [1.54, 1.807) is 12.1 Å². The van der Waals surface area contributed by atoms with Gasteiger partial charge in [0.05, 0.1) is 17.4 Å². The smallest absolute Gasteiger partial charge is 0.261 e. The molecule has 0 saturated heterocycles. The van der Waals surface area contributed by atoms with Crippen molar-refractivity contribution in [3.8, 4) is 0 Å². The van der Waals surface area contributed by atoms with E-state index in [4.69, 9.17) is 4.55 Å². The van der Waals surface area contributed by atoms with Crippen LogP contribution in [0.1, 0.15) is 162 Å². The number of unbranched alkanes of at least 4 members (excludes halogenated alkanes) is 5. The quantitative estimate of drug-likeness (QED) is 0.0984. The fourth-order valence-corrected chi connectivity index (χ4v) is 10.5. The van der Waals surface area contributed by atoms with E-state index >= 15 is 0 Å². The summed E-state index contributed by atoms with van der Waals surface area (Å²) in [4.78, 5) is 26.7. The highest BCUT2D eigenvalue weighted by molar-refractivity contribution is 7.85. The largest absolute Gasteiger partial charge is 0.286 e. The molecule has 0 bridgehead atoms. The van der Waals surface area contributed by atoms with Crippen LogP contribution in [-0.2, 0) is 10.1 Å². The fourth-order valence-electron chi connectivity index (χ4n) is 9.36. The predicted octanol–water partition coefficient (Wildman–Crippen LogP) is 9.49. The van der Waals surface area contributed by atoms with Gasteiger partial charge in [0.1, 0.15) is 0 Å². The minimum absolute atomic E-state index is 0.105. The number of nitrogens with zero attached hydrogens (tertiary/aromatic N) is 1. The third kappa shape index (κ3) is 10.3. The SMILES string of the molecule is CS(=O)(=O)O.O=C1c2ccccc2C(=O)N1CCCCCCCCC(C1CCCCC1)C(P)(C1CCCCC1)C1CCCCC1. The van der Waals surface area contributed by atoms with E-state index in [2.05, 4.69) is 9.24 Å². The number of hydrogen-bond acceptors (Lipinski definition) is 4. The van der Waals surface area contributed by atoms with Crippen molar-refractivity contribution in [2.45, 2.75) is 146 Å². The number of amides is 2. The van der Waals surface area contributed by atoms with Crippen molar-refractivity contribution in [1.82, 2.24) is 4.90 Å². The molecule has 1 heterocycles. The summed E-state index contributed by atoms with van der Waals surface area (Å²) >= 11 is 0. The average Bonchev–Trinajstić information content (AvgIpc) is 3.29. The van der Waals surface area contributed by atoms with Gasteiger partial charge in [0.15, 0.2) is 0 Å². The summed E-state index contributed by atoms with van der Waals surface area (Å²) in [6, 6.07) is 7.25. The molecule has 0 spiro atoms. The van der Waals surface area contributed by atoms with E-state index < -0.39 is 10.1 Å². The molecule has 3 aliphatic carbocycles. The minimum atomic E-state index is -3.67. The van der Waals surface area contributed by atoms with E-state index in [1.165, 1.54) is 133 Å². The Morgan fingerprint density at radius 2 is 1.13 bits per heavy atom. The maximum atomic E-state index is 12.6. The molecule has 8 heteroatoms. The van der Waals surface area contributed by atoms with Crippen LogP contribution in [0.4, 0.5) is 0 Å². The van der Waals surface area contributed by atoms with Crippen molar-refractivity contribution in [1.29, 1.82) is 0 Å². The second kappa shape index (κ2) is 17.7. The first kappa shape index (κ1) is 36.5. The molecule has 1 aromatic rings. The molecule has 254 valence electrons. The summed E-state index contributed by atoms with van der Waals surface area (Å²) in [6.45, 7) is 0.564. The molecular formula is C37H60NO5PS. The van der Waals surface area contributed by atoms with Crippen molar-refractivity contribution < 1.29 is 22.6 Å². The Balaban J connectivity index is 0.000000854. The average molecular weight is 662 g/mol. The van der Waals surface area contributed by atoms with Gasteiger partial charge in [-0.2, -0.15) is 8.42 Å². The number of hydrogen-bond donors (Lipinski definition) is 1. The number of carbonyl (C=O) groups is 2. The van der Waals surface area contributed by atoms with Crippen LogP contribution < -0.4 is 0 Å². The van der Waals surface area contributed by atoms with Crippen LogP contribution in [0.3, 0.4) is 0 Å². The van der Waals surface area contributed by atoms with Gasteiger partial charge in [-0.3, -0.25) is 19.0 Å². The Hall–Kier alpha value is -1.30. The molecule has 2 amide bonds. The van der Waals surface area contributed by atoms with E-state index in [1.807, 2.05) is 12.1 Å². The van der Waals surface area contributed by atoms with Gasteiger partial charge >= 0.3 is 0 Å². The molecular weight excluding hydrogens is 601 g/mol. The van der Waals surface area contributed by atoms with Crippen LogP contribution in [0.15, 0.2) is 24.3 Å². The third-order valence-corrected chi connectivity index (χ3v) is 12.9. The van der Waals surface area contributed by atoms with Gasteiger partial charge < -0.3 is 0 Å². The third-order valence-electron chi connectivity index (χ3n) is 11.5. The van der Waals surface area contributed by atoms with Crippen LogP contribution in [0.5, 0.6) is 0 Å². The van der Waals surface area contributed by atoms with Gasteiger partial charge in [0.25, 0.3) is 21.9 Å². The molecule has 3 saturated carbocycles. The Kier molecular flexibility index (Phi) is 14.4. The van der Waals surface area contributed by atoms with Gasteiger partial charge in [-0.15, -0.1) is 9.24 Å². The van der Waals surface area contributed by atoms with Crippen molar-refractivity contribution in [3.63, 3.8) is 0 Å². The molecule has 45 heavy (non-hydrogen) atoms. The molecule has 1 aromatic carbocycles. The van der Waals surface area contributed by atoms with E-state index in [-0.39, 0.29) is 11.8 Å². The standard InChI is InChI=1S/C36H56NO2P.CH4O3S/c38-34-31-24-15-16-25-32(31)35(39)37(34)27-17-4-2-1-3-14-26-33(28-18-8-5-9-19-28)36(40,29-20-10-6-11-21-29)30-22-12-7-13-23-30;1-5(2,3)4/h15-16,24-25,28-30,33H,1-14,17-23,26-27,40H2;1H3,(H,2,3,4). The lowest BCUT2D eigenvalue weighted by Gasteiger charge is -2.54. The topological polar surface area (TPSA) is 91.7 Å². The van der Waals surface area contributed by atoms with Crippen LogP contribution >= 0.6 is 9.24 Å². The van der Waals surface area contributed by atoms with Crippen molar-refractivity contribution in [3.05, 3.63) is 35.4 Å². The summed E-state index contributed by atoms with van der Waals surface area (Å²) in [7, 11) is -0.00968. The monoisotopic (exact) mass is 661 g/mol. The first-order valence-electron chi connectivity index (χ1n) is 18.3. The van der Waals surface area contributed by atoms with Gasteiger partial charge in [-0.05, 0) is 79.5 Å². The zero-order chi connectivity index (χ0) is 32.3. The highest BCUT2D eigenvalue weighted by atomic mass is 32.2. The van der Waals surface area contributed by atoms with Gasteiger partial charge in [0, 0.05) is 6.54 Å². The van der Waals surface area contributed by atoms with Crippen LogP contribution in [-0.4, -0.2) is 47.6 Å². The molecule has 0 aromatic heterocycles. The maximum absolute atomic E-state index is 12.6. The molecule has 3 fully saturated rings. The summed E-state index contributed by atoms with van der Waals surface area (Å²) in [5.41, 5.74) is 1.15. The lowest BCUT2D eigenvalue weighted by atomic mass is 9.58. The molecule has 4 aliphatic rings. The molecule has 2 atom stereocenters. The second-order valence-electron chi connectivity index (χ2n) is 14.6. The Bertz CT molecular complexity index is 1120. The zero-order valence-electron chi connectivity index (χ0n) is 27.9. The molecule has 1 aliphatic heterocycles. The molecule has 5 rings (SSSR count). The van der Waals surface area contributed by atoms with Gasteiger partial charge in [-0.1, -0.05) is 115 Å². The van der Waals surface area contributed by atoms with Crippen LogP contribution in [0.2, 0.25) is 0 Å². The Morgan fingerprint density at radius 1 is 0.733 bits per heavy atom. The number of carbonyl (C=O) groups excluding carboxylic acids is 2. The zero-order valence-corrected chi connectivity index (χ0v) is 29.9. The summed E-state index contributed by atoms with van der Waals surface area (Å²) in [5, 5.41) is 0.481. The number of imide groups is 1. The molecule has 2 unspecified atom stereocenters. The fraction of sp³-hybridized carbons (Fsp3) is 0.784. The summed E-state index contributed by atoms with van der Waals surface area (Å²) < 4.78 is 25.9. The minimum Gasteiger partial charge on any atom is -0.286 e. The highest BCUT2D eigenvalue weighted by Gasteiger charge is 2.49. The van der Waals surface area contributed by atoms with Crippen LogP contribution in [0, 0.1) is 23.7 Å². The van der Waals surface area contributed by atoms with Gasteiger partial charge in [-0.25, -0.2) is 0 Å². The lowest BCUT2D eigenvalue weighted by Crippen LogP contribution is -2.50. The van der Waals surface area contributed by atoms with E-state index in [9.17, 15) is 18.0 Å². The van der Waals surface area contributed by atoms with E-state index in [0.29, 0.717) is 29.1 Å².